The number of hydrogen-bond acceptors (Lipinski definition) is 4. The minimum Gasteiger partial charge on any atom is -0.434 e. The third-order valence-corrected chi connectivity index (χ3v) is 4.13. The van der Waals surface area contributed by atoms with Crippen LogP contribution in [-0.4, -0.2) is 15.9 Å². The number of aryl methyl sites for hydroxylation is 1. The standard InChI is InChI=1S/C22H17N3O2/c1-15-9-11-17(22-25-21-19(27-22)8-5-13-23-21)14-18(15)24-20(26)12-10-16-6-3-2-4-7-16/h2-14H,1H3,(H,24,26). The molecule has 4 rings (SSSR count). The molecule has 0 aliphatic carbocycles. The van der Waals surface area contributed by atoms with Crippen LogP contribution in [0.25, 0.3) is 28.8 Å². The molecule has 0 radical (unpaired) electrons. The highest BCUT2D eigenvalue weighted by Gasteiger charge is 2.11. The van der Waals surface area contributed by atoms with Gasteiger partial charge in [-0.15, -0.1) is 0 Å². The topological polar surface area (TPSA) is 68.0 Å². The van der Waals surface area contributed by atoms with E-state index < -0.39 is 0 Å². The first-order valence-corrected chi connectivity index (χ1v) is 8.56. The van der Waals surface area contributed by atoms with Crippen LogP contribution in [0.5, 0.6) is 0 Å². The first kappa shape index (κ1) is 16.7. The number of nitrogens with zero attached hydrogens (tertiary/aromatic N) is 2. The van der Waals surface area contributed by atoms with E-state index in [9.17, 15) is 4.79 Å². The lowest BCUT2D eigenvalue weighted by atomic mass is 10.1. The normalized spacial score (nSPS) is 11.1. The maximum absolute atomic E-state index is 12.3. The van der Waals surface area contributed by atoms with Crippen molar-refractivity contribution < 1.29 is 9.21 Å². The van der Waals surface area contributed by atoms with Crippen LogP contribution in [0.15, 0.2) is 77.4 Å². The SMILES string of the molecule is Cc1ccc(-c2nc3ncccc3o2)cc1NC(=O)C=Cc1ccccc1. The van der Waals surface area contributed by atoms with Crippen molar-refractivity contribution in [2.24, 2.45) is 0 Å². The second kappa shape index (κ2) is 7.25. The molecule has 0 aliphatic rings. The van der Waals surface area contributed by atoms with E-state index in [-0.39, 0.29) is 5.91 Å². The van der Waals surface area contributed by atoms with Gasteiger partial charge in [0.15, 0.2) is 11.2 Å². The summed E-state index contributed by atoms with van der Waals surface area (Å²) in [6, 6.07) is 19.0. The lowest BCUT2D eigenvalue weighted by Crippen LogP contribution is -2.09. The van der Waals surface area contributed by atoms with E-state index in [4.69, 9.17) is 4.42 Å². The van der Waals surface area contributed by atoms with Crippen LogP contribution in [0.2, 0.25) is 0 Å². The Kier molecular flexibility index (Phi) is 4.49. The monoisotopic (exact) mass is 355 g/mol. The highest BCUT2D eigenvalue weighted by molar-refractivity contribution is 6.02. The van der Waals surface area contributed by atoms with Gasteiger partial charge < -0.3 is 9.73 Å². The first-order valence-electron chi connectivity index (χ1n) is 8.56. The maximum Gasteiger partial charge on any atom is 0.248 e. The van der Waals surface area contributed by atoms with Crippen LogP contribution >= 0.6 is 0 Å². The molecule has 0 bridgehead atoms. The van der Waals surface area contributed by atoms with Crippen LogP contribution in [0, 0.1) is 6.92 Å². The minimum atomic E-state index is -0.196. The Morgan fingerprint density at radius 2 is 1.93 bits per heavy atom. The van der Waals surface area contributed by atoms with Gasteiger partial charge in [0, 0.05) is 23.5 Å². The predicted octanol–water partition coefficient (Wildman–Crippen LogP) is 4.85. The molecule has 0 spiro atoms. The van der Waals surface area contributed by atoms with Gasteiger partial charge in [-0.2, -0.15) is 4.98 Å². The molecule has 1 N–H and O–H groups in total. The highest BCUT2D eigenvalue weighted by Crippen LogP contribution is 2.27. The number of carbonyl (C=O) groups is 1. The fourth-order valence-electron chi connectivity index (χ4n) is 2.69. The minimum absolute atomic E-state index is 0.196. The Balaban J connectivity index is 1.57. The second-order valence-electron chi connectivity index (χ2n) is 6.11. The van der Waals surface area contributed by atoms with Gasteiger partial charge in [0.1, 0.15) is 0 Å². The molecule has 5 nitrogen and oxygen atoms in total. The van der Waals surface area contributed by atoms with E-state index >= 15 is 0 Å². The lowest BCUT2D eigenvalue weighted by molar-refractivity contribution is -0.111. The summed E-state index contributed by atoms with van der Waals surface area (Å²) in [4.78, 5) is 20.9. The van der Waals surface area contributed by atoms with Crippen molar-refractivity contribution in [1.29, 1.82) is 0 Å². The van der Waals surface area contributed by atoms with Crippen molar-refractivity contribution in [3.8, 4) is 11.5 Å². The largest absolute Gasteiger partial charge is 0.434 e. The number of oxazole rings is 1. The summed E-state index contributed by atoms with van der Waals surface area (Å²) in [7, 11) is 0. The molecule has 0 saturated carbocycles. The van der Waals surface area contributed by atoms with E-state index in [0.717, 1.165) is 16.7 Å². The third kappa shape index (κ3) is 3.77. The van der Waals surface area contributed by atoms with Crippen LogP contribution in [0.1, 0.15) is 11.1 Å². The quantitative estimate of drug-likeness (QED) is 0.531. The van der Waals surface area contributed by atoms with Crippen LogP contribution < -0.4 is 5.32 Å². The zero-order valence-electron chi connectivity index (χ0n) is 14.7. The van der Waals surface area contributed by atoms with Gasteiger partial charge in [0.05, 0.1) is 0 Å². The van der Waals surface area contributed by atoms with Gasteiger partial charge in [0.25, 0.3) is 0 Å². The molecule has 0 atom stereocenters. The summed E-state index contributed by atoms with van der Waals surface area (Å²) in [5.41, 5.74) is 4.60. The first-order chi connectivity index (χ1) is 13.2. The summed E-state index contributed by atoms with van der Waals surface area (Å²) in [6.07, 6.45) is 4.97. The Bertz CT molecular complexity index is 1100. The van der Waals surface area contributed by atoms with Gasteiger partial charge in [-0.25, -0.2) is 4.98 Å². The molecule has 5 heteroatoms. The molecule has 2 heterocycles. The number of fused-ring (bicyclic) bond motifs is 1. The third-order valence-electron chi connectivity index (χ3n) is 4.13. The molecule has 0 fully saturated rings. The van der Waals surface area contributed by atoms with Crippen molar-refractivity contribution in [3.63, 3.8) is 0 Å². The smallest absolute Gasteiger partial charge is 0.248 e. The molecule has 4 aromatic rings. The van der Waals surface area contributed by atoms with Crippen LogP contribution in [0.3, 0.4) is 0 Å². The molecule has 0 aliphatic heterocycles. The highest BCUT2D eigenvalue weighted by atomic mass is 16.3. The molecule has 27 heavy (non-hydrogen) atoms. The number of rotatable bonds is 4. The number of nitrogens with one attached hydrogen (secondary N) is 1. The molecule has 1 amide bonds. The fraction of sp³-hybridized carbons (Fsp3) is 0.0455. The lowest BCUT2D eigenvalue weighted by Gasteiger charge is -2.08. The number of benzene rings is 2. The summed E-state index contributed by atoms with van der Waals surface area (Å²) >= 11 is 0. The Morgan fingerprint density at radius 3 is 2.74 bits per heavy atom. The van der Waals surface area contributed by atoms with E-state index in [1.807, 2.05) is 61.5 Å². The average Bonchev–Trinajstić information content (AvgIpc) is 3.13. The summed E-state index contributed by atoms with van der Waals surface area (Å²) in [6.45, 7) is 1.94. The molecule has 2 aromatic heterocycles. The van der Waals surface area contributed by atoms with Crippen LogP contribution in [-0.2, 0) is 4.79 Å². The van der Waals surface area contributed by atoms with Crippen molar-refractivity contribution in [1.82, 2.24) is 9.97 Å². The van der Waals surface area contributed by atoms with Gasteiger partial charge in [-0.05, 0) is 48.4 Å². The summed E-state index contributed by atoms with van der Waals surface area (Å²) in [5, 5.41) is 2.91. The summed E-state index contributed by atoms with van der Waals surface area (Å²) in [5.74, 6) is 0.275. The summed E-state index contributed by atoms with van der Waals surface area (Å²) < 4.78 is 5.76. The zero-order chi connectivity index (χ0) is 18.6. The fourth-order valence-corrected chi connectivity index (χ4v) is 2.69. The van der Waals surface area contributed by atoms with Crippen molar-refractivity contribution in [3.05, 3.63) is 84.1 Å². The van der Waals surface area contributed by atoms with Crippen LogP contribution in [0.4, 0.5) is 5.69 Å². The Hall–Kier alpha value is -3.73. The van der Waals surface area contributed by atoms with Gasteiger partial charge in [0.2, 0.25) is 11.8 Å². The molecule has 0 unspecified atom stereocenters. The Labute approximate surface area is 156 Å². The van der Waals surface area contributed by atoms with E-state index in [0.29, 0.717) is 22.8 Å². The number of amides is 1. The van der Waals surface area contributed by atoms with Gasteiger partial charge >= 0.3 is 0 Å². The number of hydrogen-bond donors (Lipinski definition) is 1. The van der Waals surface area contributed by atoms with E-state index in [1.54, 1.807) is 18.3 Å². The second-order valence-corrected chi connectivity index (χ2v) is 6.11. The number of anilines is 1. The average molecular weight is 355 g/mol. The van der Waals surface area contributed by atoms with E-state index in [2.05, 4.69) is 15.3 Å². The number of pyridine rings is 1. The maximum atomic E-state index is 12.3. The molecule has 0 saturated heterocycles. The molecule has 132 valence electrons. The van der Waals surface area contributed by atoms with E-state index in [1.165, 1.54) is 6.08 Å². The predicted molar refractivity (Wildman–Crippen MR) is 106 cm³/mol. The van der Waals surface area contributed by atoms with Crippen molar-refractivity contribution in [2.75, 3.05) is 5.32 Å². The van der Waals surface area contributed by atoms with Crippen molar-refractivity contribution >= 4 is 28.9 Å². The van der Waals surface area contributed by atoms with Crippen molar-refractivity contribution in [2.45, 2.75) is 6.92 Å². The Morgan fingerprint density at radius 1 is 1.07 bits per heavy atom. The molecular formula is C22H17N3O2. The number of carbonyl (C=O) groups excluding carboxylic acids is 1. The number of aromatic nitrogens is 2. The molecular weight excluding hydrogens is 338 g/mol. The van der Waals surface area contributed by atoms with Gasteiger partial charge in [-0.3, -0.25) is 4.79 Å². The van der Waals surface area contributed by atoms with Gasteiger partial charge in [-0.1, -0.05) is 36.4 Å². The zero-order valence-corrected chi connectivity index (χ0v) is 14.7. The molecule has 2 aromatic carbocycles.